The zero-order valence-electron chi connectivity index (χ0n) is 14.1. The van der Waals surface area contributed by atoms with E-state index < -0.39 is 10.0 Å². The number of hydrogen-bond donors (Lipinski definition) is 2. The molecule has 0 saturated carbocycles. The molecule has 2 aliphatic heterocycles. The lowest BCUT2D eigenvalue weighted by Gasteiger charge is -2.32. The fourth-order valence-corrected chi connectivity index (χ4v) is 3.90. The van der Waals surface area contributed by atoms with E-state index in [1.54, 1.807) is 17.0 Å². The lowest BCUT2D eigenvalue weighted by atomic mass is 10.1. The summed E-state index contributed by atoms with van der Waals surface area (Å²) in [5.41, 5.74) is 2.39. The van der Waals surface area contributed by atoms with Gasteiger partial charge in [-0.2, -0.15) is 0 Å². The maximum absolute atomic E-state index is 12.7. The quantitative estimate of drug-likeness (QED) is 0.811. The molecule has 3 rings (SSSR count). The Labute approximate surface area is 143 Å². The molecule has 1 saturated heterocycles. The van der Waals surface area contributed by atoms with Crippen molar-refractivity contribution < 1.29 is 13.2 Å². The van der Waals surface area contributed by atoms with Crippen molar-refractivity contribution in [2.24, 2.45) is 0 Å². The van der Waals surface area contributed by atoms with Crippen molar-refractivity contribution in [1.29, 1.82) is 0 Å². The average molecular weight is 352 g/mol. The molecule has 24 heavy (non-hydrogen) atoms. The lowest BCUT2D eigenvalue weighted by Crippen LogP contribution is -2.52. The number of nitrogens with zero attached hydrogens (tertiary/aromatic N) is 2. The average Bonchev–Trinajstić information content (AvgIpc) is 2.88. The molecule has 8 heteroatoms. The Hall–Kier alpha value is -1.64. The van der Waals surface area contributed by atoms with Gasteiger partial charge in [-0.25, -0.2) is 8.42 Å². The first-order valence-corrected chi connectivity index (χ1v) is 10.1. The highest BCUT2D eigenvalue weighted by Crippen LogP contribution is 2.31. The lowest BCUT2D eigenvalue weighted by molar-refractivity contribution is -0.119. The maximum Gasteiger partial charge on any atom is 0.241 e. The molecule has 7 nitrogen and oxygen atoms in total. The van der Waals surface area contributed by atoms with Crippen molar-refractivity contribution in [2.75, 3.05) is 48.6 Å². The van der Waals surface area contributed by atoms with Gasteiger partial charge in [-0.05, 0) is 31.0 Å². The number of fused-ring (bicyclic) bond motifs is 1. The SMILES string of the molecule is C[C@@H]1CN(CC(=O)N2CCc3ccc(NS(C)(=O)=O)cc32)CCN1. The van der Waals surface area contributed by atoms with E-state index in [0.717, 1.165) is 43.6 Å². The summed E-state index contributed by atoms with van der Waals surface area (Å²) >= 11 is 0. The number of anilines is 2. The van der Waals surface area contributed by atoms with Gasteiger partial charge in [0, 0.05) is 37.9 Å². The van der Waals surface area contributed by atoms with Gasteiger partial charge in [0.2, 0.25) is 15.9 Å². The normalized spacial score (nSPS) is 21.6. The molecule has 2 N–H and O–H groups in total. The summed E-state index contributed by atoms with van der Waals surface area (Å²) in [4.78, 5) is 16.6. The molecule has 0 aromatic heterocycles. The summed E-state index contributed by atoms with van der Waals surface area (Å²) < 4.78 is 25.3. The topological polar surface area (TPSA) is 81.8 Å². The van der Waals surface area contributed by atoms with Gasteiger partial charge in [0.25, 0.3) is 0 Å². The van der Waals surface area contributed by atoms with Gasteiger partial charge < -0.3 is 10.2 Å². The van der Waals surface area contributed by atoms with Crippen LogP contribution in [0.5, 0.6) is 0 Å². The van der Waals surface area contributed by atoms with Crippen molar-refractivity contribution >= 4 is 27.3 Å². The largest absolute Gasteiger partial charge is 0.312 e. The number of carbonyl (C=O) groups excluding carboxylic acids is 1. The van der Waals surface area contributed by atoms with Crippen LogP contribution in [0.2, 0.25) is 0 Å². The zero-order valence-corrected chi connectivity index (χ0v) is 14.9. The molecule has 0 unspecified atom stereocenters. The van der Waals surface area contributed by atoms with Gasteiger partial charge in [0.15, 0.2) is 0 Å². The number of sulfonamides is 1. The number of nitrogens with one attached hydrogen (secondary N) is 2. The van der Waals surface area contributed by atoms with E-state index in [1.807, 2.05) is 6.07 Å². The molecule has 2 heterocycles. The number of piperazine rings is 1. The molecule has 1 aromatic carbocycles. The Balaban J connectivity index is 1.73. The van der Waals surface area contributed by atoms with Gasteiger partial charge in [-0.15, -0.1) is 0 Å². The Morgan fingerprint density at radius 2 is 2.17 bits per heavy atom. The molecule has 1 fully saturated rings. The van der Waals surface area contributed by atoms with E-state index in [4.69, 9.17) is 0 Å². The van der Waals surface area contributed by atoms with Crippen molar-refractivity contribution in [2.45, 2.75) is 19.4 Å². The van der Waals surface area contributed by atoms with Crippen LogP contribution in [-0.4, -0.2) is 64.2 Å². The van der Waals surface area contributed by atoms with E-state index in [2.05, 4.69) is 21.9 Å². The smallest absolute Gasteiger partial charge is 0.241 e. The fraction of sp³-hybridized carbons (Fsp3) is 0.562. The summed E-state index contributed by atoms with van der Waals surface area (Å²) in [7, 11) is -3.33. The Kier molecular flexibility index (Phi) is 4.80. The van der Waals surface area contributed by atoms with E-state index in [9.17, 15) is 13.2 Å². The van der Waals surface area contributed by atoms with Crippen LogP contribution in [0.3, 0.4) is 0 Å². The first-order valence-electron chi connectivity index (χ1n) is 8.18. The third kappa shape index (κ3) is 4.06. The first-order chi connectivity index (χ1) is 11.3. The molecule has 2 aliphatic rings. The molecule has 0 aliphatic carbocycles. The second-order valence-corrected chi connectivity index (χ2v) is 8.35. The van der Waals surface area contributed by atoms with Gasteiger partial charge in [0.05, 0.1) is 18.5 Å². The molecule has 0 bridgehead atoms. The Bertz CT molecular complexity index is 735. The maximum atomic E-state index is 12.7. The number of amides is 1. The summed E-state index contributed by atoms with van der Waals surface area (Å²) in [6.45, 7) is 5.79. The highest BCUT2D eigenvalue weighted by atomic mass is 32.2. The van der Waals surface area contributed by atoms with Gasteiger partial charge in [-0.1, -0.05) is 6.07 Å². The highest BCUT2D eigenvalue weighted by Gasteiger charge is 2.27. The van der Waals surface area contributed by atoms with E-state index in [-0.39, 0.29) is 5.91 Å². The van der Waals surface area contributed by atoms with E-state index in [0.29, 0.717) is 24.8 Å². The minimum absolute atomic E-state index is 0.0688. The van der Waals surface area contributed by atoms with Crippen molar-refractivity contribution in [1.82, 2.24) is 10.2 Å². The van der Waals surface area contributed by atoms with Crippen LogP contribution >= 0.6 is 0 Å². The van der Waals surface area contributed by atoms with Gasteiger partial charge >= 0.3 is 0 Å². The molecule has 1 aromatic rings. The molecule has 0 radical (unpaired) electrons. The van der Waals surface area contributed by atoms with Crippen molar-refractivity contribution in [3.8, 4) is 0 Å². The third-order valence-electron chi connectivity index (χ3n) is 4.40. The molecule has 1 atom stereocenters. The van der Waals surface area contributed by atoms with Crippen LogP contribution in [0.15, 0.2) is 18.2 Å². The molecule has 0 spiro atoms. The summed E-state index contributed by atoms with van der Waals surface area (Å²) in [6.07, 6.45) is 1.92. The van der Waals surface area contributed by atoms with E-state index in [1.165, 1.54) is 0 Å². The van der Waals surface area contributed by atoms with E-state index >= 15 is 0 Å². The fourth-order valence-electron chi connectivity index (χ4n) is 3.35. The van der Waals surface area contributed by atoms with Crippen molar-refractivity contribution in [3.05, 3.63) is 23.8 Å². The minimum atomic E-state index is -3.33. The minimum Gasteiger partial charge on any atom is -0.312 e. The Morgan fingerprint density at radius 1 is 1.38 bits per heavy atom. The number of carbonyl (C=O) groups is 1. The molecule has 132 valence electrons. The standard InChI is InChI=1S/C16H24N4O3S/c1-12-10-19(8-6-17-12)11-16(21)20-7-5-13-3-4-14(9-15(13)20)18-24(2,22)23/h3-4,9,12,17-18H,5-8,10-11H2,1-2H3/t12-/m1/s1. The molecule has 1 amide bonds. The predicted molar refractivity (Wildman–Crippen MR) is 94.9 cm³/mol. The second kappa shape index (κ2) is 6.70. The van der Waals surface area contributed by atoms with Crippen LogP contribution in [-0.2, 0) is 21.2 Å². The zero-order chi connectivity index (χ0) is 17.3. The number of benzene rings is 1. The molecular formula is C16H24N4O3S. The van der Waals surface area contributed by atoms with Crippen molar-refractivity contribution in [3.63, 3.8) is 0 Å². The highest BCUT2D eigenvalue weighted by molar-refractivity contribution is 7.92. The Morgan fingerprint density at radius 3 is 2.88 bits per heavy atom. The first kappa shape index (κ1) is 17.2. The van der Waals surface area contributed by atoms with Crippen LogP contribution in [0.4, 0.5) is 11.4 Å². The van der Waals surface area contributed by atoms with Gasteiger partial charge in [0.1, 0.15) is 0 Å². The monoisotopic (exact) mass is 352 g/mol. The second-order valence-electron chi connectivity index (χ2n) is 6.60. The summed E-state index contributed by atoms with van der Waals surface area (Å²) in [5, 5.41) is 3.37. The predicted octanol–water partition coefficient (Wildman–Crippen LogP) is 0.241. The summed E-state index contributed by atoms with van der Waals surface area (Å²) in [6, 6.07) is 5.78. The number of rotatable bonds is 4. The summed E-state index contributed by atoms with van der Waals surface area (Å²) in [5.74, 6) is 0.0688. The van der Waals surface area contributed by atoms with Crippen LogP contribution in [0.1, 0.15) is 12.5 Å². The van der Waals surface area contributed by atoms with Crippen LogP contribution in [0, 0.1) is 0 Å². The molecular weight excluding hydrogens is 328 g/mol. The number of hydrogen-bond acceptors (Lipinski definition) is 5. The van der Waals surface area contributed by atoms with Crippen LogP contribution < -0.4 is 14.9 Å². The van der Waals surface area contributed by atoms with Crippen LogP contribution in [0.25, 0.3) is 0 Å². The van der Waals surface area contributed by atoms with Gasteiger partial charge in [-0.3, -0.25) is 14.4 Å². The third-order valence-corrected chi connectivity index (χ3v) is 5.00.